The standard InChI is InChI=1S/C12H13N3O3/c1-2-17-12(16)10-4-3-6-13-11(10)14-8-9-5-7-18-15-9/h3-7H,2,8H2,1H3,(H,13,14). The van der Waals surface area contributed by atoms with Crippen molar-refractivity contribution in [3.8, 4) is 0 Å². The Kier molecular flexibility index (Phi) is 3.90. The number of esters is 1. The molecule has 0 aliphatic rings. The molecule has 0 aliphatic heterocycles. The lowest BCUT2D eigenvalue weighted by molar-refractivity contribution is 0.0527. The average molecular weight is 247 g/mol. The Morgan fingerprint density at radius 3 is 3.11 bits per heavy atom. The van der Waals surface area contributed by atoms with Crippen molar-refractivity contribution in [2.45, 2.75) is 13.5 Å². The van der Waals surface area contributed by atoms with Crippen molar-refractivity contribution >= 4 is 11.8 Å². The largest absolute Gasteiger partial charge is 0.462 e. The third-order valence-corrected chi connectivity index (χ3v) is 2.23. The first kappa shape index (κ1) is 12.1. The van der Waals surface area contributed by atoms with Crippen molar-refractivity contribution in [2.75, 3.05) is 11.9 Å². The lowest BCUT2D eigenvalue weighted by Crippen LogP contribution is -2.11. The number of pyridine rings is 1. The molecule has 0 atom stereocenters. The minimum Gasteiger partial charge on any atom is -0.462 e. The number of carbonyl (C=O) groups excluding carboxylic acids is 1. The molecule has 2 rings (SSSR count). The van der Waals surface area contributed by atoms with Crippen LogP contribution in [0.2, 0.25) is 0 Å². The molecule has 2 aromatic rings. The summed E-state index contributed by atoms with van der Waals surface area (Å²) < 4.78 is 9.67. The van der Waals surface area contributed by atoms with E-state index in [9.17, 15) is 4.79 Å². The quantitative estimate of drug-likeness (QED) is 0.812. The summed E-state index contributed by atoms with van der Waals surface area (Å²) in [4.78, 5) is 15.8. The monoisotopic (exact) mass is 247 g/mol. The van der Waals surface area contributed by atoms with Crippen LogP contribution in [0.3, 0.4) is 0 Å². The molecule has 0 saturated heterocycles. The second kappa shape index (κ2) is 5.81. The van der Waals surface area contributed by atoms with Gasteiger partial charge in [-0.2, -0.15) is 0 Å². The van der Waals surface area contributed by atoms with Crippen molar-refractivity contribution in [2.24, 2.45) is 0 Å². The summed E-state index contributed by atoms with van der Waals surface area (Å²) in [5.74, 6) is 0.0761. The smallest absolute Gasteiger partial charge is 0.341 e. The third-order valence-electron chi connectivity index (χ3n) is 2.23. The van der Waals surface area contributed by atoms with Crippen LogP contribution >= 0.6 is 0 Å². The molecule has 0 saturated carbocycles. The number of aromatic nitrogens is 2. The molecular formula is C12H13N3O3. The molecule has 2 aromatic heterocycles. The van der Waals surface area contributed by atoms with Crippen LogP contribution in [-0.2, 0) is 11.3 Å². The Balaban J connectivity index is 2.09. The third kappa shape index (κ3) is 2.85. The summed E-state index contributed by atoms with van der Waals surface area (Å²) >= 11 is 0. The topological polar surface area (TPSA) is 77.2 Å². The number of nitrogens with zero attached hydrogens (tertiary/aromatic N) is 2. The van der Waals surface area contributed by atoms with Gasteiger partial charge in [0.15, 0.2) is 0 Å². The molecular weight excluding hydrogens is 234 g/mol. The minimum atomic E-state index is -0.395. The molecule has 0 bridgehead atoms. The van der Waals surface area contributed by atoms with E-state index in [1.54, 1.807) is 31.3 Å². The molecule has 0 unspecified atom stereocenters. The van der Waals surface area contributed by atoms with E-state index in [0.29, 0.717) is 24.5 Å². The number of hydrogen-bond donors (Lipinski definition) is 1. The Hall–Kier alpha value is -2.37. The van der Waals surface area contributed by atoms with Crippen molar-refractivity contribution in [3.05, 3.63) is 41.9 Å². The molecule has 0 radical (unpaired) electrons. The highest BCUT2D eigenvalue weighted by atomic mass is 16.5. The molecule has 0 aromatic carbocycles. The maximum absolute atomic E-state index is 11.7. The van der Waals surface area contributed by atoms with Crippen LogP contribution in [0.1, 0.15) is 23.0 Å². The molecule has 18 heavy (non-hydrogen) atoms. The van der Waals surface area contributed by atoms with Crippen molar-refractivity contribution < 1.29 is 14.1 Å². The second-order valence-electron chi connectivity index (χ2n) is 3.46. The molecule has 0 aliphatic carbocycles. The summed E-state index contributed by atoms with van der Waals surface area (Å²) in [6, 6.07) is 5.09. The van der Waals surface area contributed by atoms with E-state index in [-0.39, 0.29) is 0 Å². The fourth-order valence-corrected chi connectivity index (χ4v) is 1.42. The van der Waals surface area contributed by atoms with Gasteiger partial charge in [-0.25, -0.2) is 9.78 Å². The number of anilines is 1. The molecule has 6 heteroatoms. The fraction of sp³-hybridized carbons (Fsp3) is 0.250. The number of rotatable bonds is 5. The molecule has 0 amide bonds. The van der Waals surface area contributed by atoms with Crippen LogP contribution in [0.15, 0.2) is 35.2 Å². The maximum atomic E-state index is 11.7. The number of nitrogens with one attached hydrogen (secondary N) is 1. The predicted molar refractivity (Wildman–Crippen MR) is 64.0 cm³/mol. The van der Waals surface area contributed by atoms with Crippen molar-refractivity contribution in [1.82, 2.24) is 10.1 Å². The highest BCUT2D eigenvalue weighted by Crippen LogP contribution is 2.13. The summed E-state index contributed by atoms with van der Waals surface area (Å²) in [5.41, 5.74) is 1.14. The minimum absolute atomic E-state index is 0.330. The highest BCUT2D eigenvalue weighted by molar-refractivity contribution is 5.94. The van der Waals surface area contributed by atoms with E-state index >= 15 is 0 Å². The van der Waals surface area contributed by atoms with Gasteiger partial charge in [-0.05, 0) is 19.1 Å². The molecule has 6 nitrogen and oxygen atoms in total. The van der Waals surface area contributed by atoms with Crippen LogP contribution in [0.4, 0.5) is 5.82 Å². The lowest BCUT2D eigenvalue weighted by atomic mass is 10.2. The van der Waals surface area contributed by atoms with Crippen molar-refractivity contribution in [1.29, 1.82) is 0 Å². The summed E-state index contributed by atoms with van der Waals surface area (Å²) in [7, 11) is 0. The lowest BCUT2D eigenvalue weighted by Gasteiger charge is -2.08. The van der Waals surface area contributed by atoms with Gasteiger partial charge in [0.25, 0.3) is 0 Å². The number of carbonyl (C=O) groups is 1. The molecule has 0 spiro atoms. The Bertz CT molecular complexity index is 511. The van der Waals surface area contributed by atoms with Gasteiger partial charge in [0.2, 0.25) is 0 Å². The second-order valence-corrected chi connectivity index (χ2v) is 3.46. The fourth-order valence-electron chi connectivity index (χ4n) is 1.42. The highest BCUT2D eigenvalue weighted by Gasteiger charge is 2.13. The first-order valence-corrected chi connectivity index (χ1v) is 5.56. The van der Waals surface area contributed by atoms with Gasteiger partial charge < -0.3 is 14.6 Å². The van der Waals surface area contributed by atoms with Crippen LogP contribution in [0, 0.1) is 0 Å². The van der Waals surface area contributed by atoms with Gasteiger partial charge >= 0.3 is 5.97 Å². The van der Waals surface area contributed by atoms with Crippen LogP contribution in [0.5, 0.6) is 0 Å². The number of ether oxygens (including phenoxy) is 1. The van der Waals surface area contributed by atoms with E-state index in [4.69, 9.17) is 9.26 Å². The molecule has 1 N–H and O–H groups in total. The molecule has 2 heterocycles. The normalized spacial score (nSPS) is 10.1. The molecule has 0 fully saturated rings. The van der Waals surface area contributed by atoms with E-state index in [1.807, 2.05) is 0 Å². The van der Waals surface area contributed by atoms with Gasteiger partial charge in [-0.15, -0.1) is 0 Å². The number of hydrogen-bond acceptors (Lipinski definition) is 6. The summed E-state index contributed by atoms with van der Waals surface area (Å²) in [6.07, 6.45) is 3.09. The first-order chi connectivity index (χ1) is 8.81. The zero-order chi connectivity index (χ0) is 12.8. The first-order valence-electron chi connectivity index (χ1n) is 5.56. The van der Waals surface area contributed by atoms with E-state index in [1.165, 1.54) is 6.26 Å². The van der Waals surface area contributed by atoms with Crippen LogP contribution < -0.4 is 5.32 Å². The SMILES string of the molecule is CCOC(=O)c1cccnc1NCc1ccon1. The molecule has 94 valence electrons. The van der Waals surface area contributed by atoms with Gasteiger partial charge in [-0.3, -0.25) is 0 Å². The average Bonchev–Trinajstić information content (AvgIpc) is 2.90. The van der Waals surface area contributed by atoms with E-state index in [2.05, 4.69) is 15.5 Å². The zero-order valence-corrected chi connectivity index (χ0v) is 9.92. The zero-order valence-electron chi connectivity index (χ0n) is 9.92. The maximum Gasteiger partial charge on any atom is 0.341 e. The van der Waals surface area contributed by atoms with Crippen LogP contribution in [-0.4, -0.2) is 22.7 Å². The van der Waals surface area contributed by atoms with Gasteiger partial charge in [-0.1, -0.05) is 5.16 Å². The summed E-state index contributed by atoms with van der Waals surface area (Å²) in [6.45, 7) is 2.52. The predicted octanol–water partition coefficient (Wildman–Crippen LogP) is 1.86. The van der Waals surface area contributed by atoms with E-state index < -0.39 is 5.97 Å². The van der Waals surface area contributed by atoms with E-state index in [0.717, 1.165) is 5.69 Å². The summed E-state index contributed by atoms with van der Waals surface area (Å²) in [5, 5.41) is 6.78. The van der Waals surface area contributed by atoms with Gasteiger partial charge in [0, 0.05) is 12.3 Å². The Morgan fingerprint density at radius 2 is 2.39 bits per heavy atom. The van der Waals surface area contributed by atoms with Gasteiger partial charge in [0.05, 0.1) is 13.2 Å². The van der Waals surface area contributed by atoms with Crippen LogP contribution in [0.25, 0.3) is 0 Å². The Labute approximate surface area is 104 Å². The Morgan fingerprint density at radius 1 is 1.50 bits per heavy atom. The van der Waals surface area contributed by atoms with Gasteiger partial charge in [0.1, 0.15) is 23.3 Å². The van der Waals surface area contributed by atoms with Crippen molar-refractivity contribution in [3.63, 3.8) is 0 Å².